The van der Waals surface area contributed by atoms with Gasteiger partial charge in [-0.3, -0.25) is 9.78 Å². The van der Waals surface area contributed by atoms with E-state index in [1.54, 1.807) is 31.5 Å². The van der Waals surface area contributed by atoms with Gasteiger partial charge >= 0.3 is 0 Å². The highest BCUT2D eigenvalue weighted by atomic mass is 19.1. The molecule has 4 rings (SSSR count). The number of pyridine rings is 1. The first-order chi connectivity index (χ1) is 13.5. The lowest BCUT2D eigenvalue weighted by atomic mass is 10.1. The minimum Gasteiger partial charge on any atom is -0.361 e. The Kier molecular flexibility index (Phi) is 4.57. The Labute approximate surface area is 160 Å². The van der Waals surface area contributed by atoms with E-state index in [1.165, 1.54) is 22.9 Å². The average molecular weight is 376 g/mol. The molecule has 0 aliphatic carbocycles. The highest BCUT2D eigenvalue weighted by Crippen LogP contribution is 2.25. The van der Waals surface area contributed by atoms with Crippen LogP contribution in [0.4, 0.5) is 4.39 Å². The van der Waals surface area contributed by atoms with Gasteiger partial charge in [0.2, 0.25) is 0 Å². The van der Waals surface area contributed by atoms with Gasteiger partial charge in [-0.05, 0) is 43.7 Å². The fourth-order valence-corrected chi connectivity index (χ4v) is 2.91. The van der Waals surface area contributed by atoms with E-state index in [0.29, 0.717) is 17.0 Å². The molecule has 3 aromatic heterocycles. The fourth-order valence-electron chi connectivity index (χ4n) is 2.91. The number of aryl methyl sites for hydroxylation is 2. The highest BCUT2D eigenvalue weighted by molar-refractivity contribution is 5.63. The van der Waals surface area contributed by atoms with Gasteiger partial charge in [-0.25, -0.2) is 9.07 Å². The largest absolute Gasteiger partial charge is 0.361 e. The first-order valence-electron chi connectivity index (χ1n) is 8.72. The molecule has 6 nitrogen and oxygen atoms in total. The van der Waals surface area contributed by atoms with Crippen LogP contribution in [0, 0.1) is 19.7 Å². The second kappa shape index (κ2) is 7.19. The molecule has 0 saturated heterocycles. The maximum absolute atomic E-state index is 13.1. The maximum atomic E-state index is 13.1. The zero-order chi connectivity index (χ0) is 19.7. The third-order valence-corrected chi connectivity index (χ3v) is 4.52. The molecule has 0 spiro atoms. The van der Waals surface area contributed by atoms with E-state index in [-0.39, 0.29) is 17.9 Å². The van der Waals surface area contributed by atoms with Crippen LogP contribution in [0.2, 0.25) is 0 Å². The van der Waals surface area contributed by atoms with Crippen LogP contribution in [0.5, 0.6) is 0 Å². The van der Waals surface area contributed by atoms with Crippen molar-refractivity contribution in [1.82, 2.24) is 19.9 Å². The van der Waals surface area contributed by atoms with Gasteiger partial charge in [0.15, 0.2) is 0 Å². The molecule has 0 aliphatic heterocycles. The molecule has 0 radical (unpaired) electrons. The number of nitrogens with zero attached hydrogens (tertiary/aromatic N) is 4. The fraction of sp³-hybridized carbons (Fsp3) is 0.143. The van der Waals surface area contributed by atoms with Crippen molar-refractivity contribution in [3.05, 3.63) is 88.0 Å². The molecule has 0 unspecified atom stereocenters. The predicted octanol–water partition coefficient (Wildman–Crippen LogP) is 3.76. The molecular weight excluding hydrogens is 359 g/mol. The molecule has 140 valence electrons. The van der Waals surface area contributed by atoms with Gasteiger partial charge in [-0.15, -0.1) is 0 Å². The molecule has 4 aromatic rings. The van der Waals surface area contributed by atoms with Crippen molar-refractivity contribution in [3.8, 4) is 22.4 Å². The van der Waals surface area contributed by atoms with E-state index < -0.39 is 0 Å². The Balaban J connectivity index is 1.67. The van der Waals surface area contributed by atoms with Crippen molar-refractivity contribution in [1.29, 1.82) is 0 Å². The molecule has 7 heteroatoms. The van der Waals surface area contributed by atoms with Crippen molar-refractivity contribution < 1.29 is 8.91 Å². The Morgan fingerprint density at radius 2 is 1.75 bits per heavy atom. The van der Waals surface area contributed by atoms with E-state index in [0.717, 1.165) is 22.4 Å². The number of halogens is 1. The minimum atomic E-state index is -0.328. The number of hydrogen-bond acceptors (Lipinski definition) is 5. The maximum Gasteiger partial charge on any atom is 0.267 e. The molecule has 0 bridgehead atoms. The van der Waals surface area contributed by atoms with Crippen LogP contribution in [0.25, 0.3) is 22.4 Å². The summed E-state index contributed by atoms with van der Waals surface area (Å²) in [6, 6.07) is 11.2. The summed E-state index contributed by atoms with van der Waals surface area (Å²) in [6.45, 7) is 3.93. The Morgan fingerprint density at radius 3 is 2.43 bits per heavy atom. The van der Waals surface area contributed by atoms with Crippen molar-refractivity contribution in [2.45, 2.75) is 20.4 Å². The molecular formula is C21H17FN4O2. The second-order valence-corrected chi connectivity index (χ2v) is 6.50. The Hall–Kier alpha value is -3.61. The molecule has 28 heavy (non-hydrogen) atoms. The third kappa shape index (κ3) is 3.46. The van der Waals surface area contributed by atoms with Gasteiger partial charge in [0, 0.05) is 34.6 Å². The molecule has 3 heterocycles. The Morgan fingerprint density at radius 1 is 1.00 bits per heavy atom. The van der Waals surface area contributed by atoms with Crippen molar-refractivity contribution in [2.75, 3.05) is 0 Å². The smallest absolute Gasteiger partial charge is 0.267 e. The highest BCUT2D eigenvalue weighted by Gasteiger charge is 2.16. The van der Waals surface area contributed by atoms with Crippen LogP contribution in [0.15, 0.2) is 64.2 Å². The lowest BCUT2D eigenvalue weighted by Crippen LogP contribution is -2.23. The van der Waals surface area contributed by atoms with E-state index in [9.17, 15) is 9.18 Å². The summed E-state index contributed by atoms with van der Waals surface area (Å²) in [4.78, 5) is 16.9. The minimum absolute atomic E-state index is 0.223. The summed E-state index contributed by atoms with van der Waals surface area (Å²) in [5, 5.41) is 8.39. The quantitative estimate of drug-likeness (QED) is 0.542. The summed E-state index contributed by atoms with van der Waals surface area (Å²) >= 11 is 0. The summed E-state index contributed by atoms with van der Waals surface area (Å²) in [6.07, 6.45) is 3.31. The van der Waals surface area contributed by atoms with Gasteiger partial charge in [-0.1, -0.05) is 17.3 Å². The molecule has 0 atom stereocenters. The topological polar surface area (TPSA) is 73.8 Å². The summed E-state index contributed by atoms with van der Waals surface area (Å²) in [5.41, 5.74) is 4.22. The van der Waals surface area contributed by atoms with Crippen LogP contribution in [0.1, 0.15) is 17.0 Å². The standard InChI is InChI=1S/C21H17FN4O2/c1-13-3-4-16(10-23-13)21-19(14(2)28-25-21)12-26-20(27)9-17(11-24-26)15-5-7-18(22)8-6-15/h3-11H,12H2,1-2H3. The summed E-state index contributed by atoms with van der Waals surface area (Å²) in [7, 11) is 0. The van der Waals surface area contributed by atoms with Crippen molar-refractivity contribution >= 4 is 0 Å². The lowest BCUT2D eigenvalue weighted by molar-refractivity contribution is 0.397. The van der Waals surface area contributed by atoms with Crippen LogP contribution >= 0.6 is 0 Å². The monoisotopic (exact) mass is 376 g/mol. The van der Waals surface area contributed by atoms with E-state index in [2.05, 4.69) is 15.2 Å². The normalized spacial score (nSPS) is 11.0. The van der Waals surface area contributed by atoms with Gasteiger partial charge in [0.1, 0.15) is 17.3 Å². The van der Waals surface area contributed by atoms with Crippen LogP contribution in [-0.2, 0) is 6.54 Å². The van der Waals surface area contributed by atoms with Crippen LogP contribution in [0.3, 0.4) is 0 Å². The van der Waals surface area contributed by atoms with Crippen molar-refractivity contribution in [3.63, 3.8) is 0 Å². The number of aromatic nitrogens is 4. The van der Waals surface area contributed by atoms with Crippen LogP contribution in [-0.4, -0.2) is 19.9 Å². The zero-order valence-corrected chi connectivity index (χ0v) is 15.4. The zero-order valence-electron chi connectivity index (χ0n) is 15.4. The second-order valence-electron chi connectivity index (χ2n) is 6.50. The number of benzene rings is 1. The molecule has 0 N–H and O–H groups in total. The van der Waals surface area contributed by atoms with E-state index in [4.69, 9.17) is 4.52 Å². The van der Waals surface area contributed by atoms with Gasteiger partial charge < -0.3 is 4.52 Å². The molecule has 0 amide bonds. The molecule has 1 aromatic carbocycles. The van der Waals surface area contributed by atoms with E-state index >= 15 is 0 Å². The molecule has 0 fully saturated rings. The predicted molar refractivity (Wildman–Crippen MR) is 102 cm³/mol. The van der Waals surface area contributed by atoms with E-state index in [1.807, 2.05) is 19.1 Å². The average Bonchev–Trinajstić information content (AvgIpc) is 3.05. The van der Waals surface area contributed by atoms with Crippen molar-refractivity contribution in [2.24, 2.45) is 0 Å². The summed E-state index contributed by atoms with van der Waals surface area (Å²) < 4.78 is 19.8. The number of hydrogen-bond donors (Lipinski definition) is 0. The lowest BCUT2D eigenvalue weighted by Gasteiger charge is -2.07. The first kappa shape index (κ1) is 17.8. The summed E-state index contributed by atoms with van der Waals surface area (Å²) in [5.74, 6) is 0.290. The van der Waals surface area contributed by atoms with Gasteiger partial charge in [0.05, 0.1) is 12.7 Å². The number of rotatable bonds is 4. The van der Waals surface area contributed by atoms with Gasteiger partial charge in [-0.2, -0.15) is 5.10 Å². The first-order valence-corrected chi connectivity index (χ1v) is 8.72. The Bertz CT molecular complexity index is 1180. The third-order valence-electron chi connectivity index (χ3n) is 4.52. The molecule has 0 aliphatic rings. The van der Waals surface area contributed by atoms with Gasteiger partial charge in [0.25, 0.3) is 5.56 Å². The van der Waals surface area contributed by atoms with Crippen LogP contribution < -0.4 is 5.56 Å². The molecule has 0 saturated carbocycles. The SMILES string of the molecule is Cc1ccc(-c2noc(C)c2Cn2ncc(-c3ccc(F)cc3)cc2=O)cn1.